The van der Waals surface area contributed by atoms with Crippen LogP contribution in [0.3, 0.4) is 0 Å². The van der Waals surface area contributed by atoms with Crippen LogP contribution in [0, 0.1) is 13.8 Å². The minimum Gasteiger partial charge on any atom is -0.493 e. The molecule has 0 atom stereocenters. The number of carbonyl (C=O) groups is 1. The Morgan fingerprint density at radius 2 is 1.81 bits per heavy atom. The standard InChI is InChI=1S/C26H29N3O3/c1-19-10-8-11-20(2)25(19)32-16-7-6-15-29-22-13-5-4-12-21(22)27-24(29)18-28(3)26(30)23-14-9-17-31-23/h4-5,8-14,17H,6-7,15-16,18H2,1-3H3. The van der Waals surface area contributed by atoms with E-state index < -0.39 is 0 Å². The van der Waals surface area contributed by atoms with E-state index in [1.165, 1.54) is 6.26 Å². The number of unbranched alkanes of at least 4 members (excludes halogenated alkanes) is 1. The summed E-state index contributed by atoms with van der Waals surface area (Å²) in [5.74, 6) is 2.03. The number of imidazole rings is 1. The van der Waals surface area contributed by atoms with Crippen molar-refractivity contribution in [2.75, 3.05) is 13.7 Å². The molecule has 0 fully saturated rings. The van der Waals surface area contributed by atoms with E-state index in [-0.39, 0.29) is 5.91 Å². The fourth-order valence-electron chi connectivity index (χ4n) is 3.94. The van der Waals surface area contributed by atoms with Gasteiger partial charge in [-0.3, -0.25) is 4.79 Å². The van der Waals surface area contributed by atoms with Gasteiger partial charge in [-0.05, 0) is 62.1 Å². The molecule has 6 heteroatoms. The van der Waals surface area contributed by atoms with Gasteiger partial charge in [-0.2, -0.15) is 0 Å². The van der Waals surface area contributed by atoms with Crippen LogP contribution in [0.2, 0.25) is 0 Å². The molecule has 0 aliphatic rings. The lowest BCUT2D eigenvalue weighted by Gasteiger charge is -2.17. The molecule has 32 heavy (non-hydrogen) atoms. The van der Waals surface area contributed by atoms with Gasteiger partial charge < -0.3 is 18.6 Å². The van der Waals surface area contributed by atoms with Crippen molar-refractivity contribution in [1.29, 1.82) is 0 Å². The van der Waals surface area contributed by atoms with Crippen molar-refractivity contribution in [3.8, 4) is 5.75 Å². The maximum absolute atomic E-state index is 12.6. The first kappa shape index (κ1) is 21.7. The van der Waals surface area contributed by atoms with Crippen LogP contribution in [0.5, 0.6) is 5.75 Å². The molecule has 2 aromatic carbocycles. The number of fused-ring (bicyclic) bond motifs is 1. The Labute approximate surface area is 188 Å². The number of ether oxygens (including phenoxy) is 1. The zero-order valence-electron chi connectivity index (χ0n) is 18.9. The summed E-state index contributed by atoms with van der Waals surface area (Å²) in [7, 11) is 1.77. The van der Waals surface area contributed by atoms with Crippen molar-refractivity contribution in [2.24, 2.45) is 0 Å². The Bertz CT molecular complexity index is 1170. The second kappa shape index (κ2) is 9.73. The molecule has 2 heterocycles. The minimum atomic E-state index is -0.157. The molecule has 0 saturated heterocycles. The molecule has 166 valence electrons. The molecule has 0 aliphatic heterocycles. The Hall–Kier alpha value is -3.54. The number of benzene rings is 2. The Kier molecular flexibility index (Phi) is 6.59. The summed E-state index contributed by atoms with van der Waals surface area (Å²) in [6.45, 7) is 6.05. The second-order valence-electron chi connectivity index (χ2n) is 8.08. The molecule has 1 amide bonds. The molecule has 0 saturated carbocycles. The monoisotopic (exact) mass is 431 g/mol. The Morgan fingerprint density at radius 1 is 1.03 bits per heavy atom. The first-order chi connectivity index (χ1) is 15.5. The summed E-state index contributed by atoms with van der Waals surface area (Å²) in [4.78, 5) is 19.0. The molecular weight excluding hydrogens is 402 g/mol. The summed E-state index contributed by atoms with van der Waals surface area (Å²) in [6, 6.07) is 17.7. The third-order valence-electron chi connectivity index (χ3n) is 5.62. The van der Waals surface area contributed by atoms with Crippen LogP contribution in [0.15, 0.2) is 65.3 Å². The summed E-state index contributed by atoms with van der Waals surface area (Å²) < 4.78 is 13.5. The summed E-state index contributed by atoms with van der Waals surface area (Å²) in [6.07, 6.45) is 3.39. The van der Waals surface area contributed by atoms with Gasteiger partial charge in [0.1, 0.15) is 11.6 Å². The van der Waals surface area contributed by atoms with Crippen LogP contribution in [-0.2, 0) is 13.1 Å². The van der Waals surface area contributed by atoms with E-state index in [0.29, 0.717) is 18.9 Å². The maximum Gasteiger partial charge on any atom is 0.289 e. The van der Waals surface area contributed by atoms with Gasteiger partial charge in [-0.1, -0.05) is 30.3 Å². The van der Waals surface area contributed by atoms with Crippen molar-refractivity contribution < 1.29 is 13.9 Å². The molecule has 0 bridgehead atoms. The molecule has 2 aromatic heterocycles. The van der Waals surface area contributed by atoms with Crippen molar-refractivity contribution in [3.05, 3.63) is 83.6 Å². The SMILES string of the molecule is Cc1cccc(C)c1OCCCCn1c(CN(C)C(=O)c2ccco2)nc2ccccc21. The molecule has 0 N–H and O–H groups in total. The number of para-hydroxylation sites is 3. The predicted octanol–water partition coefficient (Wildman–Crippen LogP) is 5.38. The predicted molar refractivity (Wildman–Crippen MR) is 125 cm³/mol. The van der Waals surface area contributed by atoms with Crippen LogP contribution < -0.4 is 4.74 Å². The number of amides is 1. The number of furan rings is 1. The molecule has 4 rings (SSSR count). The van der Waals surface area contributed by atoms with Gasteiger partial charge in [-0.15, -0.1) is 0 Å². The average Bonchev–Trinajstić information content (AvgIpc) is 3.43. The van der Waals surface area contributed by atoms with Crippen molar-refractivity contribution in [1.82, 2.24) is 14.5 Å². The third-order valence-corrected chi connectivity index (χ3v) is 5.62. The van der Waals surface area contributed by atoms with Gasteiger partial charge in [-0.25, -0.2) is 4.98 Å². The number of rotatable bonds is 9. The van der Waals surface area contributed by atoms with Gasteiger partial charge >= 0.3 is 0 Å². The van der Waals surface area contributed by atoms with Crippen LogP contribution in [0.1, 0.15) is 40.3 Å². The van der Waals surface area contributed by atoms with Gasteiger partial charge in [0.2, 0.25) is 0 Å². The number of hydrogen-bond donors (Lipinski definition) is 0. The van der Waals surface area contributed by atoms with E-state index in [1.807, 2.05) is 18.2 Å². The van der Waals surface area contributed by atoms with E-state index in [1.54, 1.807) is 24.1 Å². The topological polar surface area (TPSA) is 60.5 Å². The summed E-state index contributed by atoms with van der Waals surface area (Å²) >= 11 is 0. The number of aryl methyl sites for hydroxylation is 3. The zero-order valence-corrected chi connectivity index (χ0v) is 18.9. The fraction of sp³-hybridized carbons (Fsp3) is 0.308. The first-order valence-electron chi connectivity index (χ1n) is 11.0. The van der Waals surface area contributed by atoms with E-state index in [9.17, 15) is 4.79 Å². The number of hydrogen-bond acceptors (Lipinski definition) is 4. The molecule has 0 spiro atoms. The lowest BCUT2D eigenvalue weighted by Crippen LogP contribution is -2.27. The fourth-order valence-corrected chi connectivity index (χ4v) is 3.94. The van der Waals surface area contributed by atoms with Crippen LogP contribution in [-0.4, -0.2) is 34.0 Å². The van der Waals surface area contributed by atoms with E-state index >= 15 is 0 Å². The maximum atomic E-state index is 12.6. The van der Waals surface area contributed by atoms with Gasteiger partial charge in [0.25, 0.3) is 5.91 Å². The summed E-state index contributed by atoms with van der Waals surface area (Å²) in [5.41, 5.74) is 4.35. The lowest BCUT2D eigenvalue weighted by molar-refractivity contribution is 0.0748. The van der Waals surface area contributed by atoms with Crippen LogP contribution in [0.4, 0.5) is 0 Å². The zero-order chi connectivity index (χ0) is 22.5. The third kappa shape index (κ3) is 4.69. The molecular formula is C26H29N3O3. The number of aromatic nitrogens is 2. The normalized spacial score (nSPS) is 11.1. The van der Waals surface area contributed by atoms with E-state index in [4.69, 9.17) is 14.1 Å². The van der Waals surface area contributed by atoms with Gasteiger partial charge in [0.15, 0.2) is 5.76 Å². The highest BCUT2D eigenvalue weighted by Crippen LogP contribution is 2.23. The van der Waals surface area contributed by atoms with E-state index in [0.717, 1.165) is 53.1 Å². The lowest BCUT2D eigenvalue weighted by atomic mass is 10.1. The number of nitrogens with zero attached hydrogens (tertiary/aromatic N) is 3. The van der Waals surface area contributed by atoms with Gasteiger partial charge in [0.05, 0.1) is 30.4 Å². The number of carbonyl (C=O) groups excluding carboxylic acids is 1. The Balaban J connectivity index is 1.42. The van der Waals surface area contributed by atoms with Crippen LogP contribution >= 0.6 is 0 Å². The highest BCUT2D eigenvalue weighted by molar-refractivity contribution is 5.91. The highest BCUT2D eigenvalue weighted by atomic mass is 16.5. The second-order valence-corrected chi connectivity index (χ2v) is 8.08. The molecule has 0 radical (unpaired) electrons. The summed E-state index contributed by atoms with van der Waals surface area (Å²) in [5, 5.41) is 0. The smallest absolute Gasteiger partial charge is 0.289 e. The molecule has 0 unspecified atom stereocenters. The first-order valence-corrected chi connectivity index (χ1v) is 11.0. The molecule has 0 aliphatic carbocycles. The molecule has 6 nitrogen and oxygen atoms in total. The van der Waals surface area contributed by atoms with E-state index in [2.05, 4.69) is 42.7 Å². The Morgan fingerprint density at radius 3 is 2.56 bits per heavy atom. The van der Waals surface area contributed by atoms with Crippen molar-refractivity contribution >= 4 is 16.9 Å². The van der Waals surface area contributed by atoms with Crippen LogP contribution in [0.25, 0.3) is 11.0 Å². The van der Waals surface area contributed by atoms with Gasteiger partial charge in [0, 0.05) is 13.6 Å². The minimum absolute atomic E-state index is 0.157. The highest BCUT2D eigenvalue weighted by Gasteiger charge is 2.18. The quantitative estimate of drug-likeness (QED) is 0.334. The average molecular weight is 432 g/mol. The molecule has 4 aromatic rings. The van der Waals surface area contributed by atoms with Crippen molar-refractivity contribution in [3.63, 3.8) is 0 Å². The van der Waals surface area contributed by atoms with Crippen molar-refractivity contribution in [2.45, 2.75) is 39.8 Å². The largest absolute Gasteiger partial charge is 0.493 e.